The number of pyridine rings is 1. The van der Waals surface area contributed by atoms with E-state index in [1.165, 1.54) is 16.9 Å². The molecule has 0 spiro atoms. The number of aryl methyl sites for hydroxylation is 1. The molecule has 2 aromatic heterocycles. The number of carbonyl (C=O) groups is 1. The van der Waals surface area contributed by atoms with Crippen LogP contribution in [0.15, 0.2) is 30.6 Å². The first-order chi connectivity index (χ1) is 9.69. The van der Waals surface area contributed by atoms with Gasteiger partial charge in [0.25, 0.3) is 5.91 Å². The maximum Gasteiger partial charge on any atom is 0.267 e. The van der Waals surface area contributed by atoms with Crippen LogP contribution >= 0.6 is 11.3 Å². The number of aromatic nitrogens is 1. The Morgan fingerprint density at radius 2 is 2.30 bits per heavy atom. The highest BCUT2D eigenvalue weighted by molar-refractivity contribution is 7.14. The molecule has 1 aliphatic rings. The van der Waals surface area contributed by atoms with Crippen molar-refractivity contribution >= 4 is 17.2 Å². The molecular formula is C15H16N2O2S. The number of carbonyl (C=O) groups excluding carboxylic acids is 1. The van der Waals surface area contributed by atoms with Gasteiger partial charge in [0.05, 0.1) is 7.11 Å². The summed E-state index contributed by atoms with van der Waals surface area (Å²) < 4.78 is 5.27. The van der Waals surface area contributed by atoms with Crippen molar-refractivity contribution in [1.29, 1.82) is 0 Å². The van der Waals surface area contributed by atoms with Crippen LogP contribution < -0.4 is 4.74 Å². The maximum absolute atomic E-state index is 12.4. The molecule has 0 N–H and O–H groups in total. The first kappa shape index (κ1) is 13.1. The minimum absolute atomic E-state index is 0.0695. The van der Waals surface area contributed by atoms with E-state index >= 15 is 0 Å². The average Bonchev–Trinajstić information content (AvgIpc) is 2.79. The molecule has 0 saturated carbocycles. The summed E-state index contributed by atoms with van der Waals surface area (Å²) in [5.74, 6) is 1.15. The second-order valence-electron chi connectivity index (χ2n) is 4.95. The summed E-state index contributed by atoms with van der Waals surface area (Å²) in [6.45, 7) is 3.49. The molecule has 0 bridgehead atoms. The van der Waals surface area contributed by atoms with Gasteiger partial charge in [-0.3, -0.25) is 9.78 Å². The molecule has 4 nitrogen and oxygen atoms in total. The number of amides is 1. The van der Waals surface area contributed by atoms with Crippen LogP contribution in [0.5, 0.6) is 5.75 Å². The minimum Gasteiger partial charge on any atom is -0.495 e. The van der Waals surface area contributed by atoms with Gasteiger partial charge in [0.1, 0.15) is 10.6 Å². The lowest BCUT2D eigenvalue weighted by Gasteiger charge is -2.39. The molecule has 5 heteroatoms. The number of methoxy groups -OCH3 is 1. The quantitative estimate of drug-likeness (QED) is 0.872. The Hall–Kier alpha value is -1.88. The Labute approximate surface area is 122 Å². The van der Waals surface area contributed by atoms with Crippen molar-refractivity contribution in [3.05, 3.63) is 45.9 Å². The molecule has 1 aliphatic heterocycles. The monoisotopic (exact) mass is 288 g/mol. The maximum atomic E-state index is 12.4. The molecule has 0 atom stereocenters. The van der Waals surface area contributed by atoms with Gasteiger partial charge in [0.15, 0.2) is 0 Å². The largest absolute Gasteiger partial charge is 0.495 e. The normalized spacial score (nSPS) is 15.0. The number of nitrogens with zero attached hydrogens (tertiary/aromatic N) is 2. The van der Waals surface area contributed by atoms with Crippen LogP contribution in [0.25, 0.3) is 0 Å². The number of hydrogen-bond donors (Lipinski definition) is 0. The lowest BCUT2D eigenvalue weighted by molar-refractivity contribution is 0.0604. The van der Waals surface area contributed by atoms with Crippen molar-refractivity contribution in [3.63, 3.8) is 0 Å². The minimum atomic E-state index is 0.0695. The molecule has 20 heavy (non-hydrogen) atoms. The van der Waals surface area contributed by atoms with E-state index in [0.29, 0.717) is 16.5 Å². The molecule has 1 amide bonds. The molecule has 0 unspecified atom stereocenters. The molecule has 0 radical (unpaired) electrons. The van der Waals surface area contributed by atoms with Crippen LogP contribution in [-0.2, 0) is 0 Å². The molecule has 2 aromatic rings. The van der Waals surface area contributed by atoms with Gasteiger partial charge in [0, 0.05) is 36.3 Å². The third kappa shape index (κ3) is 2.29. The van der Waals surface area contributed by atoms with E-state index in [9.17, 15) is 4.79 Å². The second kappa shape index (κ2) is 5.25. The van der Waals surface area contributed by atoms with Crippen molar-refractivity contribution in [2.24, 2.45) is 0 Å². The SMILES string of the molecule is COc1cc(C)sc1C(=O)N1CC(c2cccnc2)C1. The zero-order valence-electron chi connectivity index (χ0n) is 11.5. The highest BCUT2D eigenvalue weighted by atomic mass is 32.1. The van der Waals surface area contributed by atoms with Crippen molar-refractivity contribution in [1.82, 2.24) is 9.88 Å². The lowest BCUT2D eigenvalue weighted by atomic mass is 9.92. The zero-order valence-corrected chi connectivity index (χ0v) is 12.3. The fraction of sp³-hybridized carbons (Fsp3) is 0.333. The van der Waals surface area contributed by atoms with Gasteiger partial charge in [-0.15, -0.1) is 11.3 Å². The predicted octanol–water partition coefficient (Wildman–Crippen LogP) is 2.70. The molecule has 1 fully saturated rings. The Balaban J connectivity index is 1.69. The van der Waals surface area contributed by atoms with Crippen LogP contribution in [-0.4, -0.2) is 36.0 Å². The summed E-state index contributed by atoms with van der Waals surface area (Å²) in [5.41, 5.74) is 1.20. The number of ether oxygens (including phenoxy) is 1. The van der Waals surface area contributed by atoms with E-state index in [1.807, 2.05) is 30.2 Å². The summed E-state index contributed by atoms with van der Waals surface area (Å²) in [6, 6.07) is 5.91. The van der Waals surface area contributed by atoms with Crippen molar-refractivity contribution in [2.45, 2.75) is 12.8 Å². The first-order valence-corrected chi connectivity index (χ1v) is 7.34. The Bertz CT molecular complexity index is 618. The highest BCUT2D eigenvalue weighted by Crippen LogP contribution is 2.34. The molecule has 104 valence electrons. The van der Waals surface area contributed by atoms with Gasteiger partial charge >= 0.3 is 0 Å². The molecular weight excluding hydrogens is 272 g/mol. The first-order valence-electron chi connectivity index (χ1n) is 6.52. The molecule has 3 rings (SSSR count). The summed E-state index contributed by atoms with van der Waals surface area (Å²) in [6.07, 6.45) is 3.65. The van der Waals surface area contributed by atoms with Gasteiger partial charge in [-0.2, -0.15) is 0 Å². The molecule has 1 saturated heterocycles. The highest BCUT2D eigenvalue weighted by Gasteiger charge is 2.34. The van der Waals surface area contributed by atoms with Crippen LogP contribution in [0, 0.1) is 6.92 Å². The Morgan fingerprint density at radius 3 is 2.95 bits per heavy atom. The van der Waals surface area contributed by atoms with Gasteiger partial charge in [-0.25, -0.2) is 0 Å². The number of hydrogen-bond acceptors (Lipinski definition) is 4. The van der Waals surface area contributed by atoms with Gasteiger partial charge < -0.3 is 9.64 Å². The van der Waals surface area contributed by atoms with Gasteiger partial charge in [0.2, 0.25) is 0 Å². The van der Waals surface area contributed by atoms with Crippen molar-refractivity contribution < 1.29 is 9.53 Å². The fourth-order valence-electron chi connectivity index (χ4n) is 2.41. The van der Waals surface area contributed by atoms with Gasteiger partial charge in [-0.1, -0.05) is 6.07 Å². The number of thiophene rings is 1. The Morgan fingerprint density at radius 1 is 1.50 bits per heavy atom. The van der Waals surface area contributed by atoms with Crippen molar-refractivity contribution in [2.75, 3.05) is 20.2 Å². The van der Waals surface area contributed by atoms with Crippen molar-refractivity contribution in [3.8, 4) is 5.75 Å². The third-order valence-electron chi connectivity index (χ3n) is 3.56. The van der Waals surface area contributed by atoms with Crippen LogP contribution in [0.2, 0.25) is 0 Å². The van der Waals surface area contributed by atoms with Gasteiger partial charge in [-0.05, 0) is 24.6 Å². The summed E-state index contributed by atoms with van der Waals surface area (Å²) in [4.78, 5) is 20.2. The summed E-state index contributed by atoms with van der Waals surface area (Å²) in [7, 11) is 1.60. The van der Waals surface area contributed by atoms with E-state index in [1.54, 1.807) is 13.3 Å². The molecule has 0 aliphatic carbocycles. The van der Waals surface area contributed by atoms with Crippen LogP contribution in [0.4, 0.5) is 0 Å². The van der Waals surface area contributed by atoms with E-state index in [2.05, 4.69) is 11.1 Å². The predicted molar refractivity (Wildman–Crippen MR) is 78.5 cm³/mol. The summed E-state index contributed by atoms with van der Waals surface area (Å²) >= 11 is 1.49. The van der Waals surface area contributed by atoms with E-state index in [4.69, 9.17) is 4.74 Å². The molecule has 3 heterocycles. The van der Waals surface area contributed by atoms with E-state index in [0.717, 1.165) is 18.0 Å². The van der Waals surface area contributed by atoms with E-state index < -0.39 is 0 Å². The standard InChI is InChI=1S/C15H16N2O2S/c1-10-6-13(19-2)14(20-10)15(18)17-8-12(9-17)11-4-3-5-16-7-11/h3-7,12H,8-9H2,1-2H3. The zero-order chi connectivity index (χ0) is 14.1. The number of rotatable bonds is 3. The topological polar surface area (TPSA) is 42.4 Å². The smallest absolute Gasteiger partial charge is 0.267 e. The molecule has 0 aromatic carbocycles. The van der Waals surface area contributed by atoms with Crippen LogP contribution in [0.3, 0.4) is 0 Å². The van der Waals surface area contributed by atoms with E-state index in [-0.39, 0.29) is 5.91 Å². The Kier molecular flexibility index (Phi) is 3.44. The second-order valence-corrected chi connectivity index (χ2v) is 6.20. The fourth-order valence-corrected chi connectivity index (χ4v) is 3.36. The number of likely N-dealkylation sites (tertiary alicyclic amines) is 1. The lowest BCUT2D eigenvalue weighted by Crippen LogP contribution is -2.48. The van der Waals surface area contributed by atoms with Crippen LogP contribution in [0.1, 0.15) is 26.0 Å². The average molecular weight is 288 g/mol. The third-order valence-corrected chi connectivity index (χ3v) is 4.58. The summed E-state index contributed by atoms with van der Waals surface area (Å²) in [5, 5.41) is 0.